The van der Waals surface area contributed by atoms with Crippen molar-refractivity contribution in [3.63, 3.8) is 0 Å². The van der Waals surface area contributed by atoms with Gasteiger partial charge in [-0.2, -0.15) is 0 Å². The number of allylic oxidation sites excluding steroid dienone is 1. The second-order valence-electron chi connectivity index (χ2n) is 4.33. The van der Waals surface area contributed by atoms with Crippen LogP contribution in [-0.2, 0) is 0 Å². The predicted molar refractivity (Wildman–Crippen MR) is 53.4 cm³/mol. The molecule has 0 radical (unpaired) electrons. The average Bonchev–Trinajstić information content (AvgIpc) is 2.18. The Hall–Kier alpha value is -0.340. The van der Waals surface area contributed by atoms with Crippen molar-refractivity contribution in [1.29, 1.82) is 0 Å². The van der Waals surface area contributed by atoms with Crippen molar-refractivity contribution in [1.82, 2.24) is 0 Å². The van der Waals surface area contributed by atoms with Gasteiger partial charge in [0.15, 0.2) is 0 Å². The van der Waals surface area contributed by atoms with Crippen molar-refractivity contribution < 1.29 is 10.2 Å². The van der Waals surface area contributed by atoms with E-state index in [1.54, 1.807) is 0 Å². The monoisotopic (exact) mass is 184 g/mol. The van der Waals surface area contributed by atoms with E-state index in [4.69, 9.17) is 0 Å². The molecule has 0 aliphatic heterocycles. The lowest BCUT2D eigenvalue weighted by Gasteiger charge is -2.19. The van der Waals surface area contributed by atoms with E-state index < -0.39 is 5.60 Å². The van der Waals surface area contributed by atoms with Crippen LogP contribution in [0, 0.1) is 5.92 Å². The minimum atomic E-state index is -0.572. The molecule has 0 amide bonds. The summed E-state index contributed by atoms with van der Waals surface area (Å²) in [6.07, 6.45) is 6.85. The van der Waals surface area contributed by atoms with Crippen molar-refractivity contribution in [2.45, 2.75) is 51.2 Å². The van der Waals surface area contributed by atoms with Crippen LogP contribution < -0.4 is 0 Å². The number of aliphatic hydroxyl groups is 2. The van der Waals surface area contributed by atoms with E-state index in [1.165, 1.54) is 0 Å². The van der Waals surface area contributed by atoms with Crippen LogP contribution in [0.25, 0.3) is 0 Å². The van der Waals surface area contributed by atoms with E-state index in [0.29, 0.717) is 12.8 Å². The van der Waals surface area contributed by atoms with E-state index >= 15 is 0 Å². The van der Waals surface area contributed by atoms with Crippen LogP contribution in [-0.4, -0.2) is 21.9 Å². The zero-order valence-electron chi connectivity index (χ0n) is 8.53. The van der Waals surface area contributed by atoms with E-state index in [2.05, 4.69) is 0 Å². The first-order valence-corrected chi connectivity index (χ1v) is 5.08. The third-order valence-corrected chi connectivity index (χ3v) is 2.93. The molecule has 2 heteroatoms. The van der Waals surface area contributed by atoms with E-state index in [-0.39, 0.29) is 12.0 Å². The van der Waals surface area contributed by atoms with Crippen LogP contribution in [0.15, 0.2) is 12.2 Å². The quantitative estimate of drug-likeness (QED) is 0.482. The summed E-state index contributed by atoms with van der Waals surface area (Å²) in [5.74, 6) is 0.235. The van der Waals surface area contributed by atoms with E-state index in [0.717, 1.165) is 12.8 Å². The predicted octanol–water partition coefficient (Wildman–Crippen LogP) is 1.86. The summed E-state index contributed by atoms with van der Waals surface area (Å²) < 4.78 is 0. The summed E-state index contributed by atoms with van der Waals surface area (Å²) in [5.41, 5.74) is -0.572. The Morgan fingerprint density at radius 2 is 1.92 bits per heavy atom. The zero-order valence-corrected chi connectivity index (χ0v) is 8.53. The molecule has 3 atom stereocenters. The maximum absolute atomic E-state index is 9.82. The lowest BCUT2D eigenvalue weighted by atomic mass is 9.95. The van der Waals surface area contributed by atoms with Crippen molar-refractivity contribution in [3.8, 4) is 0 Å². The van der Waals surface area contributed by atoms with Crippen LogP contribution in [0.2, 0.25) is 0 Å². The molecule has 0 saturated heterocycles. The highest BCUT2D eigenvalue weighted by molar-refractivity contribution is 4.94. The summed E-state index contributed by atoms with van der Waals surface area (Å²) in [7, 11) is 0. The van der Waals surface area contributed by atoms with Gasteiger partial charge < -0.3 is 10.2 Å². The molecule has 0 aromatic carbocycles. The Balaban J connectivity index is 2.59. The summed E-state index contributed by atoms with van der Waals surface area (Å²) in [6.45, 7) is 3.83. The van der Waals surface area contributed by atoms with Crippen LogP contribution >= 0.6 is 0 Å². The van der Waals surface area contributed by atoms with Crippen molar-refractivity contribution >= 4 is 0 Å². The van der Waals surface area contributed by atoms with Crippen molar-refractivity contribution in [2.75, 3.05) is 0 Å². The third-order valence-electron chi connectivity index (χ3n) is 2.93. The fourth-order valence-electron chi connectivity index (χ4n) is 1.94. The van der Waals surface area contributed by atoms with Crippen molar-refractivity contribution in [2.24, 2.45) is 5.92 Å². The number of hydrogen-bond acceptors (Lipinski definition) is 2. The van der Waals surface area contributed by atoms with Gasteiger partial charge in [-0.25, -0.2) is 0 Å². The second-order valence-corrected chi connectivity index (χ2v) is 4.33. The summed E-state index contributed by atoms with van der Waals surface area (Å²) >= 11 is 0. The molecule has 0 spiro atoms. The van der Waals surface area contributed by atoms with Gasteiger partial charge in [-0.1, -0.05) is 12.2 Å². The Morgan fingerprint density at radius 3 is 2.54 bits per heavy atom. The van der Waals surface area contributed by atoms with Crippen LogP contribution in [0.5, 0.6) is 0 Å². The van der Waals surface area contributed by atoms with Gasteiger partial charge in [0.1, 0.15) is 0 Å². The Morgan fingerprint density at radius 1 is 1.31 bits per heavy atom. The highest BCUT2D eigenvalue weighted by Gasteiger charge is 2.29. The first-order chi connectivity index (χ1) is 6.05. The van der Waals surface area contributed by atoms with Gasteiger partial charge in [-0.3, -0.25) is 0 Å². The molecule has 0 heterocycles. The molecule has 1 aliphatic carbocycles. The molecular formula is C11H20O2. The molecule has 1 saturated carbocycles. The summed E-state index contributed by atoms with van der Waals surface area (Å²) in [6, 6.07) is 0. The van der Waals surface area contributed by atoms with Crippen LogP contribution in [0.1, 0.15) is 39.5 Å². The number of rotatable bonds is 1. The average molecular weight is 184 g/mol. The normalized spacial score (nSPS) is 42.2. The first kappa shape index (κ1) is 10.7. The van der Waals surface area contributed by atoms with E-state index in [9.17, 15) is 10.2 Å². The Kier molecular flexibility index (Phi) is 3.51. The minimum Gasteiger partial charge on any atom is -0.393 e. The first-order valence-electron chi connectivity index (χ1n) is 5.08. The molecule has 76 valence electrons. The zero-order chi connectivity index (χ0) is 9.90. The molecule has 0 aromatic heterocycles. The molecular weight excluding hydrogens is 164 g/mol. The summed E-state index contributed by atoms with van der Waals surface area (Å²) in [5, 5.41) is 19.6. The van der Waals surface area contributed by atoms with Gasteiger partial charge in [0.2, 0.25) is 0 Å². The molecule has 3 unspecified atom stereocenters. The SMILES string of the molecule is C/C=C\C1CCC(C)(O)CCC1O. The second kappa shape index (κ2) is 4.25. The van der Waals surface area contributed by atoms with Gasteiger partial charge in [-0.05, 0) is 39.5 Å². The van der Waals surface area contributed by atoms with Gasteiger partial charge in [-0.15, -0.1) is 0 Å². The smallest absolute Gasteiger partial charge is 0.0621 e. The van der Waals surface area contributed by atoms with Gasteiger partial charge in [0, 0.05) is 5.92 Å². The fourth-order valence-corrected chi connectivity index (χ4v) is 1.94. The van der Waals surface area contributed by atoms with Gasteiger partial charge in [0.05, 0.1) is 11.7 Å². The topological polar surface area (TPSA) is 40.5 Å². The highest BCUT2D eigenvalue weighted by atomic mass is 16.3. The molecule has 0 aromatic rings. The van der Waals surface area contributed by atoms with E-state index in [1.807, 2.05) is 26.0 Å². The van der Waals surface area contributed by atoms with Gasteiger partial charge in [0.25, 0.3) is 0 Å². The minimum absolute atomic E-state index is 0.235. The molecule has 1 rings (SSSR count). The number of hydrogen-bond donors (Lipinski definition) is 2. The fraction of sp³-hybridized carbons (Fsp3) is 0.818. The maximum Gasteiger partial charge on any atom is 0.0621 e. The number of aliphatic hydroxyl groups excluding tert-OH is 1. The lowest BCUT2D eigenvalue weighted by molar-refractivity contribution is 0.0395. The lowest BCUT2D eigenvalue weighted by Crippen LogP contribution is -2.22. The standard InChI is InChI=1S/C11H20O2/c1-3-4-9-5-7-11(2,13)8-6-10(9)12/h3-4,9-10,12-13H,5-8H2,1-2H3/b4-3-. The maximum atomic E-state index is 9.82. The van der Waals surface area contributed by atoms with Crippen molar-refractivity contribution in [3.05, 3.63) is 12.2 Å². The molecule has 2 N–H and O–H groups in total. The van der Waals surface area contributed by atoms with Crippen LogP contribution in [0.4, 0.5) is 0 Å². The van der Waals surface area contributed by atoms with Crippen LogP contribution in [0.3, 0.4) is 0 Å². The van der Waals surface area contributed by atoms with Gasteiger partial charge >= 0.3 is 0 Å². The molecule has 1 aliphatic rings. The third kappa shape index (κ3) is 3.12. The highest BCUT2D eigenvalue weighted by Crippen LogP contribution is 2.30. The molecule has 0 bridgehead atoms. The summed E-state index contributed by atoms with van der Waals surface area (Å²) in [4.78, 5) is 0. The Labute approximate surface area is 80.3 Å². The molecule has 1 fully saturated rings. The Bertz CT molecular complexity index is 185. The largest absolute Gasteiger partial charge is 0.393 e. The molecule has 13 heavy (non-hydrogen) atoms. The molecule has 2 nitrogen and oxygen atoms in total.